The molecule has 1 saturated carbocycles. The number of nitrogens with two attached hydrogens (primary N) is 1. The van der Waals surface area contributed by atoms with Crippen LogP contribution in [-0.2, 0) is 6.42 Å². The maximum atomic E-state index is 15.4. The topological polar surface area (TPSA) is 88.2 Å². The van der Waals surface area contributed by atoms with Crippen molar-refractivity contribution in [2.75, 3.05) is 31.9 Å². The van der Waals surface area contributed by atoms with Crippen LogP contribution >= 0.6 is 0 Å². The van der Waals surface area contributed by atoms with Crippen LogP contribution in [0.2, 0.25) is 0 Å². The van der Waals surface area contributed by atoms with Gasteiger partial charge in [0, 0.05) is 60.8 Å². The highest BCUT2D eigenvalue weighted by atomic mass is 19.1. The number of benzene rings is 1. The number of anilines is 1. The fourth-order valence-corrected chi connectivity index (χ4v) is 5.48. The van der Waals surface area contributed by atoms with Gasteiger partial charge in [-0.1, -0.05) is 31.9 Å². The zero-order chi connectivity index (χ0) is 25.2. The summed E-state index contributed by atoms with van der Waals surface area (Å²) in [4.78, 5) is 30.7. The van der Waals surface area contributed by atoms with Gasteiger partial charge in [0.1, 0.15) is 5.82 Å². The summed E-state index contributed by atoms with van der Waals surface area (Å²) in [6.07, 6.45) is 7.49. The highest BCUT2D eigenvalue weighted by molar-refractivity contribution is 5.95. The van der Waals surface area contributed by atoms with Crippen LogP contribution in [0.1, 0.15) is 54.4 Å². The number of nitrogens with zero attached hydrogens (tertiary/aromatic N) is 5. The van der Waals surface area contributed by atoms with E-state index < -0.39 is 5.82 Å². The van der Waals surface area contributed by atoms with Crippen molar-refractivity contribution >= 4 is 11.9 Å². The minimum absolute atomic E-state index is 0.0874. The summed E-state index contributed by atoms with van der Waals surface area (Å²) in [5, 5.41) is 0. The van der Waals surface area contributed by atoms with E-state index in [9.17, 15) is 4.79 Å². The molecule has 1 aromatic carbocycles. The molecule has 1 amide bonds. The fourth-order valence-electron chi connectivity index (χ4n) is 5.48. The van der Waals surface area contributed by atoms with Crippen LogP contribution in [0.5, 0.6) is 0 Å². The number of amides is 1. The molecular weight excluding hydrogens is 455 g/mol. The summed E-state index contributed by atoms with van der Waals surface area (Å²) < 4.78 is 15.4. The Morgan fingerprint density at radius 1 is 1.06 bits per heavy atom. The lowest BCUT2D eigenvalue weighted by atomic mass is 9.96. The molecule has 0 atom stereocenters. The number of hydrogen-bond donors (Lipinski definition) is 1. The number of piperazine rings is 1. The number of nitrogen functional groups attached to an aromatic ring is 1. The smallest absolute Gasteiger partial charge is 0.256 e. The molecule has 188 valence electrons. The second-order valence-electron chi connectivity index (χ2n) is 9.75. The van der Waals surface area contributed by atoms with Crippen LogP contribution in [-0.4, -0.2) is 62.9 Å². The lowest BCUT2D eigenvalue weighted by Gasteiger charge is -2.38. The molecule has 1 saturated heterocycles. The lowest BCUT2D eigenvalue weighted by molar-refractivity contribution is 0.0569. The number of aryl methyl sites for hydroxylation is 2. The van der Waals surface area contributed by atoms with E-state index >= 15 is 4.39 Å². The maximum Gasteiger partial charge on any atom is 0.256 e. The normalized spacial score (nSPS) is 17.0. The Labute approximate surface area is 211 Å². The molecule has 3 heterocycles. The van der Waals surface area contributed by atoms with E-state index in [0.29, 0.717) is 36.8 Å². The number of pyridine rings is 1. The standard InChI is InChI=1S/C28H33FN6O/c1-3-24-25(20-9-8-18(2)31-17-20)26(33-28(30)32-24)19-10-11-22(23(29)16-19)27(36)35-14-12-34(13-15-35)21-6-4-5-7-21/h8-11,16-17,21H,3-7,12-15H2,1-2H3,(H2,30,32,33). The van der Waals surface area contributed by atoms with Crippen LogP contribution in [0.3, 0.4) is 0 Å². The van der Waals surface area contributed by atoms with E-state index in [2.05, 4.69) is 19.9 Å². The van der Waals surface area contributed by atoms with E-state index in [4.69, 9.17) is 5.73 Å². The number of carbonyl (C=O) groups excluding carboxylic acids is 1. The zero-order valence-corrected chi connectivity index (χ0v) is 21.0. The third kappa shape index (κ3) is 4.82. The molecule has 1 aliphatic heterocycles. The van der Waals surface area contributed by atoms with E-state index in [1.165, 1.54) is 31.7 Å². The molecule has 0 unspecified atom stereocenters. The Bertz CT molecular complexity index is 1250. The first kappa shape index (κ1) is 24.3. The molecular formula is C28H33FN6O. The first-order chi connectivity index (χ1) is 17.4. The second kappa shape index (κ2) is 10.3. The second-order valence-corrected chi connectivity index (χ2v) is 9.75. The zero-order valence-electron chi connectivity index (χ0n) is 21.0. The van der Waals surface area contributed by atoms with Gasteiger partial charge in [-0.3, -0.25) is 14.7 Å². The molecule has 0 bridgehead atoms. The quantitative estimate of drug-likeness (QED) is 0.569. The summed E-state index contributed by atoms with van der Waals surface area (Å²) in [5.41, 5.74) is 10.5. The number of halogens is 1. The van der Waals surface area contributed by atoms with Crippen molar-refractivity contribution in [2.45, 2.75) is 52.0 Å². The Balaban J connectivity index is 1.42. The van der Waals surface area contributed by atoms with Gasteiger partial charge in [0.25, 0.3) is 5.91 Å². The number of hydrogen-bond acceptors (Lipinski definition) is 6. The molecule has 2 aliphatic rings. The van der Waals surface area contributed by atoms with Crippen LogP contribution < -0.4 is 5.73 Å². The van der Waals surface area contributed by atoms with Gasteiger partial charge < -0.3 is 10.6 Å². The summed E-state index contributed by atoms with van der Waals surface area (Å²) in [7, 11) is 0. The molecule has 7 nitrogen and oxygen atoms in total. The summed E-state index contributed by atoms with van der Waals surface area (Å²) in [5.74, 6) is -0.685. The fraction of sp³-hybridized carbons (Fsp3) is 0.429. The predicted molar refractivity (Wildman–Crippen MR) is 139 cm³/mol. The van der Waals surface area contributed by atoms with E-state index in [0.717, 1.165) is 35.6 Å². The van der Waals surface area contributed by atoms with Crippen LogP contribution in [0, 0.1) is 12.7 Å². The number of aromatic nitrogens is 3. The summed E-state index contributed by atoms with van der Waals surface area (Å²) in [6, 6.07) is 9.22. The van der Waals surface area contributed by atoms with Gasteiger partial charge in [-0.05, 0) is 44.4 Å². The molecule has 1 aliphatic carbocycles. The van der Waals surface area contributed by atoms with E-state index in [-0.39, 0.29) is 17.4 Å². The monoisotopic (exact) mass is 488 g/mol. The van der Waals surface area contributed by atoms with Gasteiger partial charge in [-0.2, -0.15) is 0 Å². The largest absolute Gasteiger partial charge is 0.368 e. The molecule has 2 fully saturated rings. The molecule has 5 rings (SSSR count). The SMILES string of the molecule is CCc1nc(N)nc(-c2ccc(C(=O)N3CCN(C4CCCC4)CC3)c(F)c2)c1-c1ccc(C)nc1. The number of rotatable bonds is 5. The van der Waals surface area contributed by atoms with Crippen molar-refractivity contribution in [2.24, 2.45) is 0 Å². The first-order valence-electron chi connectivity index (χ1n) is 12.9. The van der Waals surface area contributed by atoms with Gasteiger partial charge in [-0.15, -0.1) is 0 Å². The molecule has 2 N–H and O–H groups in total. The van der Waals surface area contributed by atoms with Crippen molar-refractivity contribution < 1.29 is 9.18 Å². The van der Waals surface area contributed by atoms with Gasteiger partial charge in [-0.25, -0.2) is 14.4 Å². The molecule has 3 aromatic rings. The van der Waals surface area contributed by atoms with Crippen molar-refractivity contribution in [3.05, 3.63) is 59.3 Å². The average Bonchev–Trinajstić information content (AvgIpc) is 3.44. The first-order valence-corrected chi connectivity index (χ1v) is 12.9. The minimum Gasteiger partial charge on any atom is -0.368 e. The van der Waals surface area contributed by atoms with Crippen LogP contribution in [0.4, 0.5) is 10.3 Å². The predicted octanol–water partition coefficient (Wildman–Crippen LogP) is 4.50. The lowest BCUT2D eigenvalue weighted by Crippen LogP contribution is -2.51. The number of carbonyl (C=O) groups is 1. The van der Waals surface area contributed by atoms with E-state index in [1.54, 1.807) is 23.2 Å². The molecule has 8 heteroatoms. The van der Waals surface area contributed by atoms with Crippen LogP contribution in [0.15, 0.2) is 36.5 Å². The third-order valence-electron chi connectivity index (χ3n) is 7.45. The molecule has 2 aromatic heterocycles. The van der Waals surface area contributed by atoms with E-state index in [1.807, 2.05) is 26.0 Å². The van der Waals surface area contributed by atoms with Crippen LogP contribution in [0.25, 0.3) is 22.4 Å². The molecule has 0 radical (unpaired) electrons. The van der Waals surface area contributed by atoms with Crippen molar-refractivity contribution in [1.29, 1.82) is 0 Å². The highest BCUT2D eigenvalue weighted by Crippen LogP contribution is 2.34. The Morgan fingerprint density at radius 3 is 2.42 bits per heavy atom. The van der Waals surface area contributed by atoms with Crippen molar-refractivity contribution in [1.82, 2.24) is 24.8 Å². The van der Waals surface area contributed by atoms with Gasteiger partial charge >= 0.3 is 0 Å². The average molecular weight is 489 g/mol. The van der Waals surface area contributed by atoms with Gasteiger partial charge in [0.2, 0.25) is 5.95 Å². The van der Waals surface area contributed by atoms with Crippen molar-refractivity contribution in [3.63, 3.8) is 0 Å². The minimum atomic E-state index is -0.557. The Kier molecular flexibility index (Phi) is 6.96. The Morgan fingerprint density at radius 2 is 1.78 bits per heavy atom. The van der Waals surface area contributed by atoms with Crippen molar-refractivity contribution in [3.8, 4) is 22.4 Å². The molecule has 36 heavy (non-hydrogen) atoms. The maximum absolute atomic E-state index is 15.4. The third-order valence-corrected chi connectivity index (χ3v) is 7.45. The van der Waals surface area contributed by atoms with Gasteiger partial charge in [0.05, 0.1) is 17.0 Å². The summed E-state index contributed by atoms with van der Waals surface area (Å²) >= 11 is 0. The summed E-state index contributed by atoms with van der Waals surface area (Å²) in [6.45, 7) is 6.87. The molecule has 0 spiro atoms. The Hall–Kier alpha value is -3.39. The highest BCUT2D eigenvalue weighted by Gasteiger charge is 2.29. The van der Waals surface area contributed by atoms with Gasteiger partial charge in [0.15, 0.2) is 0 Å².